The third kappa shape index (κ3) is 2.76. The van der Waals surface area contributed by atoms with Gasteiger partial charge in [0.2, 0.25) is 0 Å². The van der Waals surface area contributed by atoms with Gasteiger partial charge in [-0.05, 0) is 37.5 Å². The molecular formula is C18H21N3O3S. The van der Waals surface area contributed by atoms with Crippen molar-refractivity contribution in [3.63, 3.8) is 0 Å². The quantitative estimate of drug-likeness (QED) is 0.871. The van der Waals surface area contributed by atoms with Gasteiger partial charge >= 0.3 is 0 Å². The van der Waals surface area contributed by atoms with E-state index in [9.17, 15) is 9.90 Å². The molecular weight excluding hydrogens is 338 g/mol. The minimum atomic E-state index is -0.185. The van der Waals surface area contributed by atoms with Crippen molar-refractivity contribution in [3.05, 3.63) is 39.7 Å². The van der Waals surface area contributed by atoms with Crippen LogP contribution in [0, 0.1) is 0 Å². The first-order valence-corrected chi connectivity index (χ1v) is 9.39. The second-order valence-corrected chi connectivity index (χ2v) is 7.84. The summed E-state index contributed by atoms with van der Waals surface area (Å²) >= 11 is 1.54. The lowest BCUT2D eigenvalue weighted by atomic mass is 10.1. The van der Waals surface area contributed by atoms with E-state index in [2.05, 4.69) is 10.1 Å². The van der Waals surface area contributed by atoms with Crippen LogP contribution in [-0.2, 0) is 0 Å². The molecule has 0 spiro atoms. The van der Waals surface area contributed by atoms with Crippen molar-refractivity contribution in [1.29, 1.82) is 0 Å². The van der Waals surface area contributed by atoms with Crippen LogP contribution in [0.4, 0.5) is 5.82 Å². The standard InChI is InChI=1S/C18H21N3O3S/c1-10-19-17-15(18(23)20-21(17)12-5-3-4-6-12)16(25-10)11-7-8-14(24-2)13(22)9-11/h7-9,12,16,22H,3-6H2,1-2H3,(H,20,23)/t16-/m1/s1. The fourth-order valence-corrected chi connectivity index (χ4v) is 4.83. The summed E-state index contributed by atoms with van der Waals surface area (Å²) in [7, 11) is 1.52. The molecule has 2 aliphatic rings. The second-order valence-electron chi connectivity index (χ2n) is 6.55. The fraction of sp³-hybridized carbons (Fsp3) is 0.444. The summed E-state index contributed by atoms with van der Waals surface area (Å²) in [5.41, 5.74) is 1.45. The van der Waals surface area contributed by atoms with Gasteiger partial charge in [-0.15, -0.1) is 0 Å². The molecule has 7 heteroatoms. The zero-order valence-corrected chi connectivity index (χ0v) is 15.1. The Hall–Kier alpha value is -2.15. The number of ether oxygens (including phenoxy) is 1. The van der Waals surface area contributed by atoms with Gasteiger partial charge in [0.05, 0.1) is 29.0 Å². The van der Waals surface area contributed by atoms with Crippen LogP contribution < -0.4 is 10.3 Å². The van der Waals surface area contributed by atoms with E-state index in [0.717, 1.165) is 29.3 Å². The number of methoxy groups -OCH3 is 1. The maximum atomic E-state index is 12.7. The van der Waals surface area contributed by atoms with E-state index < -0.39 is 0 Å². The van der Waals surface area contributed by atoms with Gasteiger partial charge in [-0.3, -0.25) is 14.6 Å². The molecule has 0 radical (unpaired) electrons. The SMILES string of the molecule is COc1ccc([C@H]2SC(C)=Nc3c2c(=O)[nH]n3C2CCCC2)cc1O. The maximum Gasteiger partial charge on any atom is 0.271 e. The first-order chi connectivity index (χ1) is 12.1. The van der Waals surface area contributed by atoms with E-state index in [1.54, 1.807) is 12.1 Å². The van der Waals surface area contributed by atoms with Crippen LogP contribution in [0.3, 0.4) is 0 Å². The molecule has 1 aliphatic heterocycles. The third-order valence-corrected chi connectivity index (χ3v) is 6.12. The summed E-state index contributed by atoms with van der Waals surface area (Å²) in [5.74, 6) is 1.25. The number of rotatable bonds is 3. The van der Waals surface area contributed by atoms with Gasteiger partial charge in [-0.1, -0.05) is 30.7 Å². The van der Waals surface area contributed by atoms with E-state index in [4.69, 9.17) is 4.74 Å². The minimum Gasteiger partial charge on any atom is -0.504 e. The lowest BCUT2D eigenvalue weighted by Gasteiger charge is -2.22. The van der Waals surface area contributed by atoms with Gasteiger partial charge in [-0.2, -0.15) is 0 Å². The van der Waals surface area contributed by atoms with Gasteiger partial charge in [0.15, 0.2) is 17.3 Å². The first-order valence-electron chi connectivity index (χ1n) is 8.51. The van der Waals surface area contributed by atoms with Crippen LogP contribution in [0.1, 0.15) is 55.0 Å². The largest absolute Gasteiger partial charge is 0.504 e. The lowest BCUT2D eigenvalue weighted by molar-refractivity contribution is 0.373. The number of nitrogens with one attached hydrogen (secondary N) is 1. The average molecular weight is 359 g/mol. The molecule has 25 heavy (non-hydrogen) atoms. The number of phenolic OH excluding ortho intramolecular Hbond substituents is 1. The topological polar surface area (TPSA) is 79.6 Å². The zero-order valence-electron chi connectivity index (χ0n) is 14.3. The second kappa shape index (κ2) is 6.29. The van der Waals surface area contributed by atoms with Gasteiger partial charge in [0, 0.05) is 0 Å². The molecule has 1 saturated carbocycles. The first kappa shape index (κ1) is 16.3. The molecule has 0 saturated heterocycles. The highest BCUT2D eigenvalue weighted by atomic mass is 32.2. The molecule has 1 aliphatic carbocycles. The Kier molecular flexibility index (Phi) is 4.11. The van der Waals surface area contributed by atoms with E-state index in [1.807, 2.05) is 17.7 Å². The number of H-pyrrole nitrogens is 1. The maximum absolute atomic E-state index is 12.7. The van der Waals surface area contributed by atoms with Crippen LogP contribution in [0.15, 0.2) is 28.0 Å². The predicted octanol–water partition coefficient (Wildman–Crippen LogP) is 3.89. The number of benzene rings is 1. The van der Waals surface area contributed by atoms with E-state index in [-0.39, 0.29) is 16.6 Å². The van der Waals surface area contributed by atoms with Crippen molar-refractivity contribution in [3.8, 4) is 11.5 Å². The molecule has 2 aromatic rings. The molecule has 1 aromatic carbocycles. The fourth-order valence-electron chi connectivity index (χ4n) is 3.74. The molecule has 0 amide bonds. The average Bonchev–Trinajstić information content (AvgIpc) is 3.22. The number of hydrogen-bond donors (Lipinski definition) is 2. The Balaban J connectivity index is 1.82. The molecule has 1 atom stereocenters. The summed E-state index contributed by atoms with van der Waals surface area (Å²) in [6.07, 6.45) is 4.53. The molecule has 4 rings (SSSR count). The third-order valence-electron chi connectivity index (χ3n) is 4.95. The number of thioether (sulfide) groups is 1. The van der Waals surface area contributed by atoms with Crippen molar-refractivity contribution in [2.75, 3.05) is 7.11 Å². The molecule has 1 fully saturated rings. The highest BCUT2D eigenvalue weighted by Gasteiger charge is 2.32. The molecule has 2 heterocycles. The zero-order chi connectivity index (χ0) is 17.6. The van der Waals surface area contributed by atoms with Gasteiger partial charge < -0.3 is 9.84 Å². The summed E-state index contributed by atoms with van der Waals surface area (Å²) in [5, 5.41) is 13.9. The molecule has 0 unspecified atom stereocenters. The van der Waals surface area contributed by atoms with Crippen molar-refractivity contribution in [1.82, 2.24) is 9.78 Å². The summed E-state index contributed by atoms with van der Waals surface area (Å²) in [6.45, 7) is 1.96. The number of phenols is 1. The summed E-state index contributed by atoms with van der Waals surface area (Å²) in [6, 6.07) is 5.62. The van der Waals surface area contributed by atoms with Gasteiger partial charge in [-0.25, -0.2) is 4.99 Å². The normalized spacial score (nSPS) is 20.4. The summed E-state index contributed by atoms with van der Waals surface area (Å²) < 4.78 is 7.08. The van der Waals surface area contributed by atoms with E-state index in [1.165, 1.54) is 31.7 Å². The molecule has 6 nitrogen and oxygen atoms in total. The lowest BCUT2D eigenvalue weighted by Crippen LogP contribution is -2.13. The number of aromatic amines is 1. The van der Waals surface area contributed by atoms with E-state index in [0.29, 0.717) is 17.4 Å². The van der Waals surface area contributed by atoms with Crippen LogP contribution in [0.25, 0.3) is 0 Å². The molecule has 1 aromatic heterocycles. The highest BCUT2D eigenvalue weighted by molar-refractivity contribution is 8.14. The van der Waals surface area contributed by atoms with E-state index >= 15 is 0 Å². The molecule has 0 bridgehead atoms. The minimum absolute atomic E-state index is 0.0777. The van der Waals surface area contributed by atoms with Crippen molar-refractivity contribution in [2.45, 2.75) is 43.9 Å². The van der Waals surface area contributed by atoms with Crippen molar-refractivity contribution < 1.29 is 9.84 Å². The number of hydrogen-bond acceptors (Lipinski definition) is 5. The number of fused-ring (bicyclic) bond motifs is 1. The molecule has 2 N–H and O–H groups in total. The molecule has 132 valence electrons. The Labute approximate surface area is 149 Å². The van der Waals surface area contributed by atoms with Gasteiger partial charge in [0.25, 0.3) is 5.56 Å². The number of nitrogens with zero attached hydrogens (tertiary/aromatic N) is 2. The van der Waals surface area contributed by atoms with Gasteiger partial charge in [0.1, 0.15) is 0 Å². The summed E-state index contributed by atoms with van der Waals surface area (Å²) in [4.78, 5) is 17.4. The Morgan fingerprint density at radius 2 is 2.12 bits per heavy atom. The van der Waals surface area contributed by atoms with Crippen LogP contribution in [0.5, 0.6) is 11.5 Å². The number of aromatic hydroxyl groups is 1. The van der Waals surface area contributed by atoms with Crippen molar-refractivity contribution >= 4 is 22.6 Å². The Bertz CT molecular complexity index is 893. The monoisotopic (exact) mass is 359 g/mol. The van der Waals surface area contributed by atoms with Crippen molar-refractivity contribution in [2.24, 2.45) is 4.99 Å². The number of aliphatic imine (C=N–C) groups is 1. The highest BCUT2D eigenvalue weighted by Crippen LogP contribution is 2.46. The van der Waals surface area contributed by atoms with Crippen LogP contribution in [-0.4, -0.2) is 27.0 Å². The Morgan fingerprint density at radius 3 is 2.80 bits per heavy atom. The van der Waals surface area contributed by atoms with Crippen LogP contribution >= 0.6 is 11.8 Å². The number of aromatic nitrogens is 2. The Morgan fingerprint density at radius 1 is 1.36 bits per heavy atom. The van der Waals surface area contributed by atoms with Crippen LogP contribution in [0.2, 0.25) is 0 Å². The predicted molar refractivity (Wildman–Crippen MR) is 99.4 cm³/mol. The smallest absolute Gasteiger partial charge is 0.271 e.